The summed E-state index contributed by atoms with van der Waals surface area (Å²) in [6.45, 7) is 0. The zero-order chi connectivity index (χ0) is 0. The number of hydrogen-bond donors (Lipinski definition) is 0. The van der Waals surface area contributed by atoms with Gasteiger partial charge in [0, 0.05) is 0 Å². The topological polar surface area (TPSA) is 118 Å². The third-order valence-electron chi connectivity index (χ3n) is 0. The van der Waals surface area contributed by atoms with E-state index in [2.05, 4.69) is 0 Å². The molecule has 7 heavy (non-hydrogen) atoms. The van der Waals surface area contributed by atoms with Crippen LogP contribution in [0.4, 0.5) is 0 Å². The van der Waals surface area contributed by atoms with Crippen LogP contribution in [0.1, 0.15) is 0 Å². The van der Waals surface area contributed by atoms with Crippen LogP contribution < -0.4 is 29.6 Å². The van der Waals surface area contributed by atoms with Gasteiger partial charge in [0.1, 0.15) is 0 Å². The third-order valence-corrected chi connectivity index (χ3v) is 0. The average Bonchev–Trinajstić information content (AvgIpc) is 0. The van der Waals surface area contributed by atoms with E-state index in [4.69, 9.17) is 0 Å². The SMILES string of the molecule is [Ca+2].[Ca+2].[Na+].[O-2].[OH-].[OH-].[OH-]. The van der Waals surface area contributed by atoms with Gasteiger partial charge in [-0.05, 0) is 0 Å². The molecule has 0 fully saturated rings. The summed E-state index contributed by atoms with van der Waals surface area (Å²) < 4.78 is 0. The van der Waals surface area contributed by atoms with E-state index in [9.17, 15) is 0 Å². The molecule has 0 aromatic heterocycles. The normalized spacial score (nSPS) is 0. The molecule has 0 radical (unpaired) electrons. The molecular formula is H3Ca2NaO4. The van der Waals surface area contributed by atoms with Crippen molar-refractivity contribution in [2.75, 3.05) is 0 Å². The molecule has 4 nitrogen and oxygen atoms in total. The fourth-order valence-electron chi connectivity index (χ4n) is 0. The Balaban J connectivity index is 0. The van der Waals surface area contributed by atoms with Crippen molar-refractivity contribution in [3.05, 3.63) is 0 Å². The molecule has 0 amide bonds. The first-order chi connectivity index (χ1) is 0. The zero-order valence-corrected chi connectivity index (χ0v) is 10.6. The Bertz CT molecular complexity index is 9.65. The summed E-state index contributed by atoms with van der Waals surface area (Å²) in [6, 6.07) is 0. The monoisotopic (exact) mass is 170 g/mol. The Morgan fingerprint density at radius 3 is 0.571 bits per heavy atom. The molecule has 0 aliphatic heterocycles. The third kappa shape index (κ3) is 44.9. The van der Waals surface area contributed by atoms with Gasteiger partial charge in [-0.15, -0.1) is 0 Å². The summed E-state index contributed by atoms with van der Waals surface area (Å²) >= 11 is 0. The van der Waals surface area contributed by atoms with Crippen LogP contribution in [0.5, 0.6) is 0 Å². The predicted molar refractivity (Wildman–Crippen MR) is 18.0 cm³/mol. The van der Waals surface area contributed by atoms with Crippen LogP contribution in [0.25, 0.3) is 0 Å². The van der Waals surface area contributed by atoms with Gasteiger partial charge in [0.15, 0.2) is 0 Å². The smallest absolute Gasteiger partial charge is 2.00 e. The molecule has 3 N–H and O–H groups in total. The molecule has 0 saturated heterocycles. The van der Waals surface area contributed by atoms with Crippen LogP contribution in [0.2, 0.25) is 0 Å². The van der Waals surface area contributed by atoms with Crippen LogP contribution in [-0.2, 0) is 5.48 Å². The van der Waals surface area contributed by atoms with Crippen LogP contribution in [0, 0.1) is 0 Å². The summed E-state index contributed by atoms with van der Waals surface area (Å²) in [5.74, 6) is 0. The molecule has 0 atom stereocenters. The fourth-order valence-corrected chi connectivity index (χ4v) is 0. The van der Waals surface area contributed by atoms with Crippen LogP contribution in [-0.4, -0.2) is 91.9 Å². The number of hydrogen-bond acceptors (Lipinski definition) is 3. The van der Waals surface area contributed by atoms with Crippen molar-refractivity contribution in [1.82, 2.24) is 0 Å². The first kappa shape index (κ1) is 80.4. The minimum Gasteiger partial charge on any atom is -2.00 e. The standard InChI is InChI=1S/2Ca.Na.3H2O.O/h;;;3*1H2;/q2*+2;+1;;;;-2/p-3. The minimum absolute atomic E-state index is 0. The second kappa shape index (κ2) is 58.0. The van der Waals surface area contributed by atoms with Crippen molar-refractivity contribution < 1.29 is 51.5 Å². The van der Waals surface area contributed by atoms with Gasteiger partial charge < -0.3 is 21.9 Å². The molecule has 0 unspecified atom stereocenters. The molecule has 0 aliphatic carbocycles. The molecule has 0 saturated carbocycles. The van der Waals surface area contributed by atoms with E-state index in [-0.39, 0.29) is 127 Å². The van der Waals surface area contributed by atoms with Gasteiger partial charge in [-0.2, -0.15) is 0 Å². The van der Waals surface area contributed by atoms with Crippen LogP contribution >= 0.6 is 0 Å². The Kier molecular flexibility index (Phi) is 666. The molecule has 0 aromatic carbocycles. The van der Waals surface area contributed by atoms with Gasteiger partial charge in [-0.3, -0.25) is 0 Å². The molecule has 32 valence electrons. The molecule has 7 heteroatoms. The average molecular weight is 170 g/mol. The Morgan fingerprint density at radius 2 is 0.571 bits per heavy atom. The molecule has 0 bridgehead atoms. The molecule has 0 heterocycles. The second-order valence-electron chi connectivity index (χ2n) is 0. The summed E-state index contributed by atoms with van der Waals surface area (Å²) in [4.78, 5) is 0. The molecule has 0 spiro atoms. The van der Waals surface area contributed by atoms with Crippen molar-refractivity contribution in [2.24, 2.45) is 0 Å². The van der Waals surface area contributed by atoms with E-state index < -0.39 is 0 Å². The quantitative estimate of drug-likeness (QED) is 0.341. The van der Waals surface area contributed by atoms with Crippen molar-refractivity contribution in [2.45, 2.75) is 0 Å². The first-order valence-electron chi connectivity index (χ1n) is 0. The van der Waals surface area contributed by atoms with E-state index in [1.807, 2.05) is 0 Å². The van der Waals surface area contributed by atoms with Gasteiger partial charge in [-0.25, -0.2) is 0 Å². The van der Waals surface area contributed by atoms with E-state index in [0.29, 0.717) is 0 Å². The Hall–Kier alpha value is 3.36. The van der Waals surface area contributed by atoms with Gasteiger partial charge in [0.2, 0.25) is 0 Å². The van der Waals surface area contributed by atoms with Gasteiger partial charge >= 0.3 is 105 Å². The second-order valence-corrected chi connectivity index (χ2v) is 0. The van der Waals surface area contributed by atoms with Crippen molar-refractivity contribution in [3.63, 3.8) is 0 Å². The van der Waals surface area contributed by atoms with Crippen molar-refractivity contribution in [1.29, 1.82) is 0 Å². The number of rotatable bonds is 0. The summed E-state index contributed by atoms with van der Waals surface area (Å²) in [5.41, 5.74) is 0. The van der Waals surface area contributed by atoms with E-state index >= 15 is 0 Å². The van der Waals surface area contributed by atoms with Gasteiger partial charge in [0.05, 0.1) is 0 Å². The van der Waals surface area contributed by atoms with Crippen molar-refractivity contribution in [3.8, 4) is 0 Å². The fraction of sp³-hybridized carbons (Fsp3) is 0. The van der Waals surface area contributed by atoms with E-state index in [0.717, 1.165) is 0 Å². The first-order valence-corrected chi connectivity index (χ1v) is 0. The van der Waals surface area contributed by atoms with Crippen LogP contribution in [0.15, 0.2) is 0 Å². The molecule has 0 rings (SSSR count). The van der Waals surface area contributed by atoms with Gasteiger partial charge in [-0.1, -0.05) is 0 Å². The molecule has 0 aliphatic rings. The molecule has 0 aromatic rings. The Labute approximate surface area is 124 Å². The zero-order valence-electron chi connectivity index (χ0n) is 4.16. The maximum atomic E-state index is 0. The summed E-state index contributed by atoms with van der Waals surface area (Å²) in [7, 11) is 0. The summed E-state index contributed by atoms with van der Waals surface area (Å²) in [5, 5.41) is 0. The maximum Gasteiger partial charge on any atom is 2.00 e. The summed E-state index contributed by atoms with van der Waals surface area (Å²) in [6.07, 6.45) is 0. The van der Waals surface area contributed by atoms with Crippen molar-refractivity contribution >= 4 is 75.5 Å². The largest absolute Gasteiger partial charge is 2.00 e. The van der Waals surface area contributed by atoms with E-state index in [1.165, 1.54) is 0 Å². The maximum absolute atomic E-state index is 0. The minimum atomic E-state index is 0. The van der Waals surface area contributed by atoms with E-state index in [1.54, 1.807) is 0 Å². The predicted octanol–water partition coefficient (Wildman–Crippen LogP) is -4.41. The van der Waals surface area contributed by atoms with Gasteiger partial charge in [0.25, 0.3) is 0 Å². The molecular weight excluding hydrogens is 167 g/mol. The van der Waals surface area contributed by atoms with Crippen LogP contribution in [0.3, 0.4) is 0 Å². The Morgan fingerprint density at radius 1 is 0.571 bits per heavy atom.